The summed E-state index contributed by atoms with van der Waals surface area (Å²) < 4.78 is 11.6. The van der Waals surface area contributed by atoms with Crippen LogP contribution in [-0.2, 0) is 0 Å². The highest BCUT2D eigenvalue weighted by Gasteiger charge is 2.31. The molecule has 3 heterocycles. The Bertz CT molecular complexity index is 1010. The molecule has 0 N–H and O–H groups in total. The van der Waals surface area contributed by atoms with Crippen LogP contribution in [0.15, 0.2) is 54.6 Å². The van der Waals surface area contributed by atoms with Gasteiger partial charge < -0.3 is 9.47 Å². The first-order valence-corrected chi connectivity index (χ1v) is 11.1. The maximum atomic E-state index is 13.0. The van der Waals surface area contributed by atoms with Crippen LogP contribution in [0.3, 0.4) is 0 Å². The number of rotatable bonds is 6. The van der Waals surface area contributed by atoms with Crippen LogP contribution in [0.25, 0.3) is 10.6 Å². The topological polar surface area (TPSA) is 54.9 Å². The fourth-order valence-corrected chi connectivity index (χ4v) is 4.73. The van der Waals surface area contributed by atoms with Gasteiger partial charge in [-0.1, -0.05) is 30.3 Å². The van der Waals surface area contributed by atoms with Crippen LogP contribution in [0.2, 0.25) is 0 Å². The van der Waals surface area contributed by atoms with Crippen LogP contribution in [0.5, 0.6) is 11.6 Å². The lowest BCUT2D eigenvalue weighted by molar-refractivity contribution is 0.0940. The van der Waals surface area contributed by atoms with Gasteiger partial charge in [0.1, 0.15) is 17.4 Å². The number of amides is 1. The van der Waals surface area contributed by atoms with Gasteiger partial charge in [0.15, 0.2) is 11.6 Å². The Morgan fingerprint density at radius 3 is 2.57 bits per heavy atom. The lowest BCUT2D eigenvalue weighted by Gasteiger charge is -2.26. The summed E-state index contributed by atoms with van der Waals surface area (Å²) in [5.74, 6) is 1.15. The number of nitrogens with zero attached hydrogens (tertiary/aromatic N) is 3. The first-order chi connectivity index (χ1) is 14.8. The molecule has 0 atom stereocenters. The molecule has 30 heavy (non-hydrogen) atoms. The van der Waals surface area contributed by atoms with E-state index in [2.05, 4.69) is 9.88 Å². The van der Waals surface area contributed by atoms with E-state index in [0.29, 0.717) is 17.4 Å². The van der Waals surface area contributed by atoms with Crippen molar-refractivity contribution in [3.63, 3.8) is 0 Å². The average Bonchev–Trinajstić information content (AvgIpc) is 3.46. The molecule has 2 aliphatic rings. The van der Waals surface area contributed by atoms with Gasteiger partial charge in [-0.05, 0) is 50.2 Å². The second-order valence-electron chi connectivity index (χ2n) is 7.42. The summed E-state index contributed by atoms with van der Waals surface area (Å²) in [5.41, 5.74) is 1.77. The molecule has 154 valence electrons. The van der Waals surface area contributed by atoms with E-state index in [1.165, 1.54) is 37.3 Å². The molecule has 1 fully saturated rings. The molecule has 1 aromatic heterocycles. The molecule has 0 aliphatic carbocycles. The van der Waals surface area contributed by atoms with Crippen molar-refractivity contribution in [2.24, 2.45) is 0 Å². The van der Waals surface area contributed by atoms with E-state index in [1.807, 2.05) is 54.6 Å². The van der Waals surface area contributed by atoms with Gasteiger partial charge in [0.2, 0.25) is 5.88 Å². The summed E-state index contributed by atoms with van der Waals surface area (Å²) >= 11 is 1.36. The van der Waals surface area contributed by atoms with E-state index in [0.717, 1.165) is 28.6 Å². The predicted octanol–water partition coefficient (Wildman–Crippen LogP) is 4.28. The van der Waals surface area contributed by atoms with Crippen molar-refractivity contribution < 1.29 is 14.3 Å². The van der Waals surface area contributed by atoms with Crippen LogP contribution >= 0.6 is 11.3 Å². The van der Waals surface area contributed by atoms with Gasteiger partial charge in [-0.3, -0.25) is 14.6 Å². The lowest BCUT2D eigenvalue weighted by atomic mass is 10.2. The number of thiazole rings is 1. The minimum absolute atomic E-state index is 0.0846. The first-order valence-electron chi connectivity index (χ1n) is 10.2. The normalized spacial score (nSPS) is 16.4. The van der Waals surface area contributed by atoms with E-state index >= 15 is 0 Å². The Balaban J connectivity index is 1.25. The molecule has 5 rings (SSSR count). The maximum absolute atomic E-state index is 13.0. The quantitative estimate of drug-likeness (QED) is 0.595. The van der Waals surface area contributed by atoms with Crippen LogP contribution in [0.1, 0.15) is 22.5 Å². The van der Waals surface area contributed by atoms with E-state index in [1.54, 1.807) is 4.90 Å². The van der Waals surface area contributed by atoms with E-state index in [-0.39, 0.29) is 12.6 Å². The zero-order valence-electron chi connectivity index (χ0n) is 16.6. The molecule has 7 heteroatoms. The summed E-state index contributed by atoms with van der Waals surface area (Å²) in [7, 11) is 0. The van der Waals surface area contributed by atoms with E-state index in [4.69, 9.17) is 9.47 Å². The van der Waals surface area contributed by atoms with Gasteiger partial charge in [0.25, 0.3) is 5.91 Å². The molecular formula is C23H23N3O3S. The van der Waals surface area contributed by atoms with Gasteiger partial charge in [0, 0.05) is 17.8 Å². The predicted molar refractivity (Wildman–Crippen MR) is 117 cm³/mol. The van der Waals surface area contributed by atoms with E-state index in [9.17, 15) is 4.79 Å². The molecule has 2 aromatic carbocycles. The lowest BCUT2D eigenvalue weighted by Crippen LogP contribution is -2.38. The van der Waals surface area contributed by atoms with Crippen molar-refractivity contribution in [1.82, 2.24) is 9.88 Å². The molecule has 1 amide bonds. The Hall–Kier alpha value is -2.90. The first kappa shape index (κ1) is 19.1. The monoisotopic (exact) mass is 421 g/mol. The van der Waals surface area contributed by atoms with Crippen molar-refractivity contribution in [3.8, 4) is 22.2 Å². The smallest absolute Gasteiger partial charge is 0.276 e. The molecule has 6 nitrogen and oxygen atoms in total. The second-order valence-corrected chi connectivity index (χ2v) is 8.42. The minimum Gasteiger partial charge on any atom is -0.492 e. The number of hydrogen-bond donors (Lipinski definition) is 0. The number of likely N-dealkylation sites (tertiary alicyclic amines) is 1. The van der Waals surface area contributed by atoms with Crippen molar-refractivity contribution in [2.75, 3.05) is 37.9 Å². The number of carbonyl (C=O) groups is 1. The summed E-state index contributed by atoms with van der Waals surface area (Å²) in [4.78, 5) is 22.1. The standard InChI is InChI=1S/C23H23N3O3S/c27-23-20-21(24-22(30-20)17-6-2-1-3-7-17)29-16-26(23)18-8-10-19(11-9-18)28-15-14-25-12-4-5-13-25/h1-3,6-11H,4-5,12-16H2. The molecule has 0 unspecified atom stereocenters. The molecule has 0 spiro atoms. The van der Waals surface area contributed by atoms with Gasteiger partial charge in [-0.15, -0.1) is 11.3 Å². The summed E-state index contributed by atoms with van der Waals surface area (Å²) in [6.45, 7) is 4.13. The van der Waals surface area contributed by atoms with Crippen molar-refractivity contribution in [3.05, 3.63) is 59.5 Å². The maximum Gasteiger partial charge on any atom is 0.276 e. The third-order valence-electron chi connectivity index (χ3n) is 5.41. The van der Waals surface area contributed by atoms with Crippen LogP contribution < -0.4 is 14.4 Å². The Kier molecular flexibility index (Phi) is 5.38. The summed E-state index contributed by atoms with van der Waals surface area (Å²) in [6.07, 6.45) is 2.57. The Labute approximate surface area is 179 Å². The number of fused-ring (bicyclic) bond motifs is 1. The molecule has 2 aliphatic heterocycles. The second kappa shape index (κ2) is 8.45. The Morgan fingerprint density at radius 2 is 1.80 bits per heavy atom. The van der Waals surface area contributed by atoms with E-state index < -0.39 is 0 Å². The molecule has 1 saturated heterocycles. The van der Waals surface area contributed by atoms with Gasteiger partial charge in [0.05, 0.1) is 0 Å². The SMILES string of the molecule is O=C1c2sc(-c3ccccc3)nc2OCN1c1ccc(OCCN2CCCC2)cc1. The number of benzene rings is 2. The number of aromatic nitrogens is 1. The zero-order valence-corrected chi connectivity index (χ0v) is 17.4. The van der Waals surface area contributed by atoms with Crippen molar-refractivity contribution in [2.45, 2.75) is 12.8 Å². The molecule has 0 radical (unpaired) electrons. The van der Waals surface area contributed by atoms with Crippen molar-refractivity contribution in [1.29, 1.82) is 0 Å². The Morgan fingerprint density at radius 1 is 1.03 bits per heavy atom. The largest absolute Gasteiger partial charge is 0.492 e. The highest BCUT2D eigenvalue weighted by Crippen LogP contribution is 2.37. The summed E-state index contributed by atoms with van der Waals surface area (Å²) in [6, 6.07) is 17.4. The number of ether oxygens (including phenoxy) is 2. The highest BCUT2D eigenvalue weighted by molar-refractivity contribution is 7.17. The third kappa shape index (κ3) is 3.91. The highest BCUT2D eigenvalue weighted by atomic mass is 32.1. The molecule has 3 aromatic rings. The number of hydrogen-bond acceptors (Lipinski definition) is 6. The third-order valence-corrected chi connectivity index (χ3v) is 6.48. The van der Waals surface area contributed by atoms with Crippen LogP contribution in [0.4, 0.5) is 5.69 Å². The zero-order chi connectivity index (χ0) is 20.3. The molecule has 0 bridgehead atoms. The van der Waals surface area contributed by atoms with Gasteiger partial charge >= 0.3 is 0 Å². The summed E-state index contributed by atoms with van der Waals surface area (Å²) in [5, 5.41) is 0.789. The fraction of sp³-hybridized carbons (Fsp3) is 0.304. The number of anilines is 1. The van der Waals surface area contributed by atoms with Gasteiger partial charge in [-0.25, -0.2) is 4.98 Å². The minimum atomic E-state index is -0.0846. The van der Waals surface area contributed by atoms with Crippen LogP contribution in [0, 0.1) is 0 Å². The molecular weight excluding hydrogens is 398 g/mol. The molecule has 0 saturated carbocycles. The van der Waals surface area contributed by atoms with Crippen LogP contribution in [-0.4, -0.2) is 48.8 Å². The van der Waals surface area contributed by atoms with Crippen molar-refractivity contribution >= 4 is 22.9 Å². The number of carbonyl (C=O) groups excluding carboxylic acids is 1. The average molecular weight is 422 g/mol. The fourth-order valence-electron chi connectivity index (χ4n) is 3.76. The van der Waals surface area contributed by atoms with Gasteiger partial charge in [-0.2, -0.15) is 0 Å².